The average Bonchev–Trinajstić information content (AvgIpc) is 2.97. The van der Waals surface area contributed by atoms with Gasteiger partial charge in [-0.1, -0.05) is 37.6 Å². The van der Waals surface area contributed by atoms with E-state index in [1.54, 1.807) is 21.3 Å². The smallest absolute Gasteiger partial charge is 0.188 e. The number of aliphatic hydroxyl groups is 1. The molecule has 1 aliphatic heterocycles. The van der Waals surface area contributed by atoms with E-state index < -0.39 is 0 Å². The molecule has 4 rings (SSSR count). The molecule has 0 bridgehead atoms. The van der Waals surface area contributed by atoms with Gasteiger partial charge >= 0.3 is 0 Å². The summed E-state index contributed by atoms with van der Waals surface area (Å²) in [6.07, 6.45) is 8.77. The largest absolute Gasteiger partial charge is 0.483 e. The van der Waals surface area contributed by atoms with Crippen LogP contribution in [0.2, 0.25) is 0 Å². The molecule has 43 heavy (non-hydrogen) atoms. The summed E-state index contributed by atoms with van der Waals surface area (Å²) < 4.78 is 40.4. The van der Waals surface area contributed by atoms with Crippen LogP contribution in [0.1, 0.15) is 69.7 Å². The van der Waals surface area contributed by atoms with Crippen LogP contribution >= 0.6 is 0 Å². The maximum atomic E-state index is 10.9. The third kappa shape index (κ3) is 7.55. The van der Waals surface area contributed by atoms with Gasteiger partial charge in [0.05, 0.1) is 6.10 Å². The lowest BCUT2D eigenvalue weighted by Gasteiger charge is -2.55. The molecule has 2 aromatic carbocycles. The molecule has 236 valence electrons. The fourth-order valence-electron chi connectivity index (χ4n) is 6.26. The van der Waals surface area contributed by atoms with E-state index in [9.17, 15) is 5.11 Å². The molecule has 0 saturated heterocycles. The minimum atomic E-state index is -0.386. The van der Waals surface area contributed by atoms with E-state index in [2.05, 4.69) is 46.8 Å². The van der Waals surface area contributed by atoms with Crippen molar-refractivity contribution >= 4 is 12.2 Å². The number of ether oxygens (including phenoxy) is 7. The zero-order valence-electron chi connectivity index (χ0n) is 27.0. The van der Waals surface area contributed by atoms with Gasteiger partial charge in [-0.3, -0.25) is 0 Å². The van der Waals surface area contributed by atoms with Crippen LogP contribution in [0, 0.1) is 11.3 Å². The van der Waals surface area contributed by atoms with Crippen LogP contribution in [0.5, 0.6) is 23.0 Å². The number of fused-ring (bicyclic) bond motifs is 2. The molecule has 8 heteroatoms. The van der Waals surface area contributed by atoms with Crippen LogP contribution < -0.4 is 18.9 Å². The minimum absolute atomic E-state index is 0.112. The summed E-state index contributed by atoms with van der Waals surface area (Å²) in [4.78, 5) is 0. The molecule has 1 fully saturated rings. The number of methoxy groups -OCH3 is 3. The monoisotopic (exact) mass is 596 g/mol. The van der Waals surface area contributed by atoms with Crippen molar-refractivity contribution in [3.63, 3.8) is 0 Å². The molecule has 1 heterocycles. The van der Waals surface area contributed by atoms with E-state index in [0.29, 0.717) is 30.1 Å². The first kappa shape index (κ1) is 32.9. The summed E-state index contributed by atoms with van der Waals surface area (Å²) in [7, 11) is 4.80. The van der Waals surface area contributed by atoms with Gasteiger partial charge in [0.15, 0.2) is 31.9 Å². The van der Waals surface area contributed by atoms with E-state index in [0.717, 1.165) is 40.8 Å². The Hall–Kier alpha value is -3.04. The summed E-state index contributed by atoms with van der Waals surface area (Å²) in [5, 5.41) is 10.9. The Morgan fingerprint density at radius 1 is 0.860 bits per heavy atom. The van der Waals surface area contributed by atoms with Crippen LogP contribution in [0.4, 0.5) is 0 Å². The van der Waals surface area contributed by atoms with Gasteiger partial charge in [0.25, 0.3) is 0 Å². The molecule has 0 spiro atoms. The van der Waals surface area contributed by atoms with Crippen molar-refractivity contribution < 1.29 is 38.3 Å². The maximum Gasteiger partial charge on any atom is 0.188 e. The second kappa shape index (κ2) is 14.2. The van der Waals surface area contributed by atoms with Crippen LogP contribution in [-0.2, 0) is 27.1 Å². The molecule has 1 aliphatic carbocycles. The van der Waals surface area contributed by atoms with Crippen LogP contribution in [0.15, 0.2) is 35.9 Å². The Bertz CT molecular complexity index is 1280. The number of allylic oxidation sites excluding steroid dienone is 2. The predicted molar refractivity (Wildman–Crippen MR) is 168 cm³/mol. The van der Waals surface area contributed by atoms with Crippen molar-refractivity contribution in [1.82, 2.24) is 0 Å². The average molecular weight is 597 g/mol. The molecule has 8 nitrogen and oxygen atoms in total. The Morgan fingerprint density at radius 2 is 1.40 bits per heavy atom. The van der Waals surface area contributed by atoms with Gasteiger partial charge in [0.1, 0.15) is 17.1 Å². The van der Waals surface area contributed by atoms with Crippen LogP contribution in [0.25, 0.3) is 12.2 Å². The fourth-order valence-corrected chi connectivity index (χ4v) is 6.26. The number of aliphatic hydroxyl groups excluding tert-OH is 1. The summed E-state index contributed by atoms with van der Waals surface area (Å²) in [5.41, 5.74) is 4.37. The highest BCUT2D eigenvalue weighted by Gasteiger charge is 2.54. The van der Waals surface area contributed by atoms with E-state index in [1.807, 2.05) is 30.4 Å². The Kier molecular flexibility index (Phi) is 10.8. The quantitative estimate of drug-likeness (QED) is 0.154. The van der Waals surface area contributed by atoms with E-state index in [4.69, 9.17) is 33.2 Å². The Labute approximate surface area is 256 Å². The second-order valence-electron chi connectivity index (χ2n) is 12.5. The second-order valence-corrected chi connectivity index (χ2v) is 12.5. The highest BCUT2D eigenvalue weighted by Crippen LogP contribution is 2.55. The first-order chi connectivity index (χ1) is 20.5. The van der Waals surface area contributed by atoms with Gasteiger partial charge < -0.3 is 38.3 Å². The van der Waals surface area contributed by atoms with E-state index >= 15 is 0 Å². The minimum Gasteiger partial charge on any atom is -0.483 e. The molecule has 0 aromatic heterocycles. The third-order valence-corrected chi connectivity index (χ3v) is 8.69. The predicted octanol–water partition coefficient (Wildman–Crippen LogP) is 6.80. The van der Waals surface area contributed by atoms with Crippen molar-refractivity contribution in [2.75, 3.05) is 41.7 Å². The lowest BCUT2D eigenvalue weighted by atomic mass is 9.57. The number of benzene rings is 2. The number of hydrogen-bond acceptors (Lipinski definition) is 8. The van der Waals surface area contributed by atoms with Gasteiger partial charge in [-0.15, -0.1) is 0 Å². The van der Waals surface area contributed by atoms with Crippen molar-refractivity contribution in [2.45, 2.75) is 72.0 Å². The standard InChI is InChI=1S/C35H48O8/c1-23(2)9-12-27-28(40-20-37-6)16-25(17-29(27)41-21-38-7)11-10-24-15-26-19-31-34(3,4)32(36)13-14-35(31,5)43-33(26)30(18-24)42-22-39-8/h9-11,15-18,31-32,36H,12-14,19-22H2,1-8H3/b11-10+/t31-,32-,35-/m1/s1. The van der Waals surface area contributed by atoms with Crippen LogP contribution in [0.3, 0.4) is 0 Å². The maximum absolute atomic E-state index is 10.9. The molecule has 1 N–H and O–H groups in total. The first-order valence-electron chi connectivity index (χ1n) is 14.9. The highest BCUT2D eigenvalue weighted by atomic mass is 16.7. The number of rotatable bonds is 13. The molecule has 1 saturated carbocycles. The first-order valence-corrected chi connectivity index (χ1v) is 14.9. The van der Waals surface area contributed by atoms with Crippen molar-refractivity contribution in [3.8, 4) is 23.0 Å². The SMILES string of the molecule is COCOc1cc(/C=C/c2cc3c(c(OCOC)c2)O[C@]2(C)CC[C@@H](O)C(C)(C)[C@H]2C3)cc(OCOC)c1CC=C(C)C. The molecular weight excluding hydrogens is 548 g/mol. The molecule has 3 atom stereocenters. The third-order valence-electron chi connectivity index (χ3n) is 8.69. The molecule has 0 amide bonds. The zero-order valence-corrected chi connectivity index (χ0v) is 27.0. The molecule has 0 radical (unpaired) electrons. The molecule has 2 aromatic rings. The van der Waals surface area contributed by atoms with Gasteiger partial charge in [-0.25, -0.2) is 0 Å². The summed E-state index contributed by atoms with van der Waals surface area (Å²) in [6.45, 7) is 10.9. The highest BCUT2D eigenvalue weighted by molar-refractivity contribution is 5.74. The summed E-state index contributed by atoms with van der Waals surface area (Å²) >= 11 is 0. The normalized spacial score (nSPS) is 22.3. The van der Waals surface area contributed by atoms with E-state index in [-0.39, 0.29) is 43.4 Å². The van der Waals surface area contributed by atoms with Crippen LogP contribution in [-0.4, -0.2) is 58.5 Å². The van der Waals surface area contributed by atoms with Crippen molar-refractivity contribution in [2.24, 2.45) is 11.3 Å². The fraction of sp³-hybridized carbons (Fsp3) is 0.543. The van der Waals surface area contributed by atoms with E-state index in [1.165, 1.54) is 5.57 Å². The lowest BCUT2D eigenvalue weighted by molar-refractivity contribution is -0.138. The van der Waals surface area contributed by atoms with Crippen molar-refractivity contribution in [1.29, 1.82) is 0 Å². The zero-order chi connectivity index (χ0) is 31.2. The lowest BCUT2D eigenvalue weighted by Crippen LogP contribution is -2.58. The number of hydrogen-bond donors (Lipinski definition) is 1. The Morgan fingerprint density at radius 3 is 1.95 bits per heavy atom. The molecular formula is C35H48O8. The van der Waals surface area contributed by atoms with Gasteiger partial charge in [-0.05, 0) is 92.8 Å². The van der Waals surface area contributed by atoms with Gasteiger partial charge in [0, 0.05) is 32.8 Å². The summed E-state index contributed by atoms with van der Waals surface area (Å²) in [6, 6.07) is 8.11. The van der Waals surface area contributed by atoms with Gasteiger partial charge in [0.2, 0.25) is 0 Å². The molecule has 2 aliphatic rings. The summed E-state index contributed by atoms with van der Waals surface area (Å²) in [5.74, 6) is 2.93. The Balaban J connectivity index is 1.73. The van der Waals surface area contributed by atoms with Crippen molar-refractivity contribution in [3.05, 3.63) is 58.2 Å². The van der Waals surface area contributed by atoms with Gasteiger partial charge in [-0.2, -0.15) is 0 Å². The molecule has 0 unspecified atom stereocenters. The topological polar surface area (TPSA) is 84.8 Å².